The van der Waals surface area contributed by atoms with Gasteiger partial charge in [0.25, 0.3) is 5.91 Å². The van der Waals surface area contributed by atoms with Crippen molar-refractivity contribution in [2.75, 3.05) is 5.32 Å². The van der Waals surface area contributed by atoms with Crippen molar-refractivity contribution in [3.8, 4) is 0 Å². The molecular formula is C19H20ClNO3. The Bertz CT molecular complexity index is 849. The number of halogens is 1. The molecule has 1 N–H and O–H groups in total. The molecule has 1 aliphatic carbocycles. The fourth-order valence-electron chi connectivity index (χ4n) is 3.25. The summed E-state index contributed by atoms with van der Waals surface area (Å²) in [5, 5.41) is 3.45. The fraction of sp³-hybridized carbons (Fsp3) is 0.368. The highest BCUT2D eigenvalue weighted by Gasteiger charge is 2.37. The van der Waals surface area contributed by atoms with E-state index in [1.807, 2.05) is 20.8 Å². The van der Waals surface area contributed by atoms with Crippen LogP contribution in [0.3, 0.4) is 0 Å². The maximum Gasteiger partial charge on any atom is 0.291 e. The molecule has 0 saturated heterocycles. The number of rotatable bonds is 2. The van der Waals surface area contributed by atoms with E-state index in [4.69, 9.17) is 16.0 Å². The van der Waals surface area contributed by atoms with Gasteiger partial charge >= 0.3 is 0 Å². The lowest BCUT2D eigenvalue weighted by atomic mass is 9.76. The average molecular weight is 346 g/mol. The molecule has 3 rings (SSSR count). The highest BCUT2D eigenvalue weighted by molar-refractivity contribution is 6.30. The summed E-state index contributed by atoms with van der Waals surface area (Å²) in [6.45, 7) is 7.70. The summed E-state index contributed by atoms with van der Waals surface area (Å²) in [4.78, 5) is 25.0. The number of ketones is 1. The number of nitrogens with one attached hydrogen (secondary N) is 1. The second-order valence-corrected chi connectivity index (χ2v) is 7.65. The maximum absolute atomic E-state index is 12.6. The van der Waals surface area contributed by atoms with Crippen LogP contribution in [-0.2, 0) is 6.42 Å². The molecule has 2 aromatic rings. The molecule has 0 fully saturated rings. The van der Waals surface area contributed by atoms with Gasteiger partial charge in [0, 0.05) is 29.1 Å². The number of carbonyl (C=O) groups excluding carboxylic acids is 2. The Morgan fingerprint density at radius 2 is 1.96 bits per heavy atom. The second-order valence-electron chi connectivity index (χ2n) is 7.21. The lowest BCUT2D eigenvalue weighted by Gasteiger charge is -2.27. The highest BCUT2D eigenvalue weighted by Crippen LogP contribution is 2.38. The van der Waals surface area contributed by atoms with Gasteiger partial charge in [0.2, 0.25) is 0 Å². The zero-order valence-electron chi connectivity index (χ0n) is 14.2. The quantitative estimate of drug-likeness (QED) is 0.837. The lowest BCUT2D eigenvalue weighted by Crippen LogP contribution is -2.26. The van der Waals surface area contributed by atoms with Crippen molar-refractivity contribution < 1.29 is 14.0 Å². The van der Waals surface area contributed by atoms with E-state index in [0.717, 1.165) is 5.56 Å². The summed E-state index contributed by atoms with van der Waals surface area (Å²) < 4.78 is 5.78. The molecule has 1 aromatic carbocycles. The van der Waals surface area contributed by atoms with E-state index in [9.17, 15) is 9.59 Å². The first-order valence-electron chi connectivity index (χ1n) is 7.91. The van der Waals surface area contributed by atoms with Crippen LogP contribution in [0.1, 0.15) is 58.1 Å². The molecule has 24 heavy (non-hydrogen) atoms. The Labute approximate surface area is 146 Å². The third-order valence-corrected chi connectivity index (χ3v) is 4.65. The molecule has 1 amide bonds. The number of anilines is 1. The van der Waals surface area contributed by atoms with Crippen LogP contribution in [0.2, 0.25) is 5.02 Å². The molecule has 5 heteroatoms. The van der Waals surface area contributed by atoms with E-state index in [1.54, 1.807) is 25.1 Å². The van der Waals surface area contributed by atoms with Gasteiger partial charge < -0.3 is 9.73 Å². The summed E-state index contributed by atoms with van der Waals surface area (Å²) in [5.41, 5.74) is 2.59. The molecule has 126 valence electrons. The number of carbonyl (C=O) groups is 2. The zero-order valence-corrected chi connectivity index (χ0v) is 15.0. The van der Waals surface area contributed by atoms with Gasteiger partial charge in [0.15, 0.2) is 11.5 Å². The zero-order chi connectivity index (χ0) is 17.6. The van der Waals surface area contributed by atoms with Crippen LogP contribution in [-0.4, -0.2) is 11.7 Å². The van der Waals surface area contributed by atoms with E-state index in [1.165, 1.54) is 0 Å². The van der Waals surface area contributed by atoms with Crippen molar-refractivity contribution in [2.24, 2.45) is 5.41 Å². The van der Waals surface area contributed by atoms with Gasteiger partial charge in [-0.2, -0.15) is 0 Å². The number of fused-ring (bicyclic) bond motifs is 1. The first kappa shape index (κ1) is 16.8. The summed E-state index contributed by atoms with van der Waals surface area (Å²) in [5.74, 6) is 0.522. The molecule has 0 atom stereocenters. The number of furan rings is 1. The number of hydrogen-bond acceptors (Lipinski definition) is 3. The predicted molar refractivity (Wildman–Crippen MR) is 94.0 cm³/mol. The summed E-state index contributed by atoms with van der Waals surface area (Å²) in [6.07, 6.45) is 1.12. The Hall–Kier alpha value is -2.07. The predicted octanol–water partition coefficient (Wildman–Crippen LogP) is 4.96. The summed E-state index contributed by atoms with van der Waals surface area (Å²) in [6, 6.07) is 5.25. The van der Waals surface area contributed by atoms with Gasteiger partial charge in [-0.15, -0.1) is 0 Å². The van der Waals surface area contributed by atoms with Crippen molar-refractivity contribution >= 4 is 29.0 Å². The van der Waals surface area contributed by atoms with Crippen molar-refractivity contribution in [2.45, 2.75) is 40.5 Å². The molecule has 1 heterocycles. The van der Waals surface area contributed by atoms with Gasteiger partial charge in [0.05, 0.1) is 5.56 Å². The molecule has 0 spiro atoms. The Morgan fingerprint density at radius 3 is 2.62 bits per heavy atom. The Morgan fingerprint density at radius 1 is 1.25 bits per heavy atom. The van der Waals surface area contributed by atoms with Gasteiger partial charge in [-0.3, -0.25) is 9.59 Å². The number of aryl methyl sites for hydroxylation is 1. The molecule has 0 bridgehead atoms. The third kappa shape index (κ3) is 2.98. The topological polar surface area (TPSA) is 59.3 Å². The molecule has 1 aliphatic rings. The minimum absolute atomic E-state index is 0.0456. The van der Waals surface area contributed by atoms with Gasteiger partial charge in [-0.1, -0.05) is 25.4 Å². The minimum atomic E-state index is -0.349. The number of amides is 1. The minimum Gasteiger partial charge on any atom is -0.455 e. The van der Waals surface area contributed by atoms with E-state index < -0.39 is 0 Å². The van der Waals surface area contributed by atoms with Crippen LogP contribution in [0.5, 0.6) is 0 Å². The second kappa shape index (κ2) is 5.78. The lowest BCUT2D eigenvalue weighted by molar-refractivity contribution is 0.0898. The van der Waals surface area contributed by atoms with E-state index in [2.05, 4.69) is 5.32 Å². The number of benzene rings is 1. The molecule has 4 nitrogen and oxygen atoms in total. The van der Waals surface area contributed by atoms with Crippen LogP contribution < -0.4 is 5.32 Å². The van der Waals surface area contributed by atoms with E-state index in [-0.39, 0.29) is 22.9 Å². The van der Waals surface area contributed by atoms with Crippen LogP contribution in [0, 0.1) is 19.3 Å². The summed E-state index contributed by atoms with van der Waals surface area (Å²) >= 11 is 5.94. The molecule has 0 radical (unpaired) electrons. The fourth-order valence-corrected chi connectivity index (χ4v) is 3.47. The average Bonchev–Trinajstić information content (AvgIpc) is 2.77. The SMILES string of the molecule is Cc1cc(Cl)ccc1NC(=O)c1oc2c(c1C)C(=O)CC(C)(C)C2. The van der Waals surface area contributed by atoms with Crippen LogP contribution in [0.4, 0.5) is 5.69 Å². The first-order chi connectivity index (χ1) is 11.2. The monoisotopic (exact) mass is 345 g/mol. The largest absolute Gasteiger partial charge is 0.455 e. The normalized spacial score (nSPS) is 16.0. The number of hydrogen-bond donors (Lipinski definition) is 1. The molecule has 0 saturated carbocycles. The van der Waals surface area contributed by atoms with Crippen LogP contribution >= 0.6 is 11.6 Å². The van der Waals surface area contributed by atoms with E-state index >= 15 is 0 Å². The smallest absolute Gasteiger partial charge is 0.291 e. The molecule has 0 unspecified atom stereocenters. The van der Waals surface area contributed by atoms with Gasteiger partial charge in [0.1, 0.15) is 5.76 Å². The van der Waals surface area contributed by atoms with Crippen molar-refractivity contribution in [1.29, 1.82) is 0 Å². The first-order valence-corrected chi connectivity index (χ1v) is 8.29. The van der Waals surface area contributed by atoms with Crippen LogP contribution in [0.25, 0.3) is 0 Å². The highest BCUT2D eigenvalue weighted by atomic mass is 35.5. The van der Waals surface area contributed by atoms with E-state index in [0.29, 0.717) is 40.4 Å². The Kier molecular flexibility index (Phi) is 4.04. The molecule has 1 aromatic heterocycles. The van der Waals surface area contributed by atoms with Crippen molar-refractivity contribution in [3.63, 3.8) is 0 Å². The Balaban J connectivity index is 1.93. The maximum atomic E-state index is 12.6. The van der Waals surface area contributed by atoms with Gasteiger partial charge in [-0.25, -0.2) is 0 Å². The van der Waals surface area contributed by atoms with Crippen LogP contribution in [0.15, 0.2) is 22.6 Å². The van der Waals surface area contributed by atoms with Crippen molar-refractivity contribution in [1.82, 2.24) is 0 Å². The molecular weight excluding hydrogens is 326 g/mol. The summed E-state index contributed by atoms with van der Waals surface area (Å²) in [7, 11) is 0. The standard InChI is InChI=1S/C19H20ClNO3/c1-10-7-12(20)5-6-13(10)21-18(23)17-11(2)16-14(22)8-19(3,4)9-15(16)24-17/h5-7H,8-9H2,1-4H3,(H,21,23). The van der Waals surface area contributed by atoms with Crippen molar-refractivity contribution in [3.05, 3.63) is 51.4 Å². The number of Topliss-reactive ketones (excluding diaryl/α,β-unsaturated/α-hetero) is 1. The molecule has 0 aliphatic heterocycles. The van der Waals surface area contributed by atoms with Gasteiger partial charge in [-0.05, 0) is 43.0 Å². The third-order valence-electron chi connectivity index (χ3n) is 4.42.